The Labute approximate surface area is 106 Å². The van der Waals surface area contributed by atoms with Crippen LogP contribution >= 0.6 is 0 Å². The largest absolute Gasteiger partial charge is 0.296 e. The lowest BCUT2D eigenvalue weighted by molar-refractivity contribution is 0.0593. The van der Waals surface area contributed by atoms with Gasteiger partial charge in [0, 0.05) is 12.1 Å². The number of piperidine rings is 1. The molecular formula is C15H26N2. The normalized spacial score (nSPS) is 40.5. The summed E-state index contributed by atoms with van der Waals surface area (Å²) in [5.41, 5.74) is 0. The van der Waals surface area contributed by atoms with Gasteiger partial charge in [0.1, 0.15) is 0 Å². The minimum Gasteiger partial charge on any atom is -0.296 e. The highest BCUT2D eigenvalue weighted by atomic mass is 15.2. The van der Waals surface area contributed by atoms with Crippen LogP contribution in [0.5, 0.6) is 0 Å². The lowest BCUT2D eigenvalue weighted by Gasteiger charge is -2.43. The van der Waals surface area contributed by atoms with Crippen LogP contribution in [0.1, 0.15) is 58.8 Å². The molecule has 0 radical (unpaired) electrons. The van der Waals surface area contributed by atoms with E-state index < -0.39 is 0 Å². The van der Waals surface area contributed by atoms with Crippen LogP contribution in [0.15, 0.2) is 0 Å². The number of nitriles is 1. The van der Waals surface area contributed by atoms with Crippen LogP contribution in [0.25, 0.3) is 0 Å². The average molecular weight is 234 g/mol. The van der Waals surface area contributed by atoms with Gasteiger partial charge < -0.3 is 0 Å². The lowest BCUT2D eigenvalue weighted by atomic mass is 9.87. The van der Waals surface area contributed by atoms with Gasteiger partial charge in [-0.15, -0.1) is 0 Å². The van der Waals surface area contributed by atoms with E-state index in [-0.39, 0.29) is 5.92 Å². The third-order valence-corrected chi connectivity index (χ3v) is 4.76. The van der Waals surface area contributed by atoms with Crippen LogP contribution in [-0.2, 0) is 0 Å². The Morgan fingerprint density at radius 1 is 1.06 bits per heavy atom. The molecule has 2 fully saturated rings. The zero-order valence-corrected chi connectivity index (χ0v) is 11.4. The maximum atomic E-state index is 9.38. The Morgan fingerprint density at radius 3 is 2.53 bits per heavy atom. The predicted octanol–water partition coefficient (Wildman–Crippen LogP) is 3.58. The van der Waals surface area contributed by atoms with Crippen molar-refractivity contribution in [3.8, 4) is 6.07 Å². The maximum absolute atomic E-state index is 9.38. The van der Waals surface area contributed by atoms with Crippen molar-refractivity contribution in [2.45, 2.75) is 70.9 Å². The zero-order valence-electron chi connectivity index (χ0n) is 11.4. The molecule has 0 aromatic heterocycles. The van der Waals surface area contributed by atoms with Crippen LogP contribution in [0.3, 0.4) is 0 Å². The topological polar surface area (TPSA) is 27.0 Å². The second-order valence-electron chi connectivity index (χ2n) is 6.16. The Kier molecular flexibility index (Phi) is 4.45. The molecule has 0 bridgehead atoms. The summed E-state index contributed by atoms with van der Waals surface area (Å²) in [7, 11) is 0. The maximum Gasteiger partial charge on any atom is 0.0672 e. The fraction of sp³-hybridized carbons (Fsp3) is 0.933. The van der Waals surface area contributed by atoms with E-state index in [0.29, 0.717) is 12.1 Å². The molecule has 0 aromatic carbocycles. The summed E-state index contributed by atoms with van der Waals surface area (Å²) in [6.07, 6.45) is 8.91. The van der Waals surface area contributed by atoms with Gasteiger partial charge in [-0.05, 0) is 45.1 Å². The summed E-state index contributed by atoms with van der Waals surface area (Å²) < 4.78 is 0. The summed E-state index contributed by atoms with van der Waals surface area (Å²) in [6, 6.07) is 3.81. The number of rotatable bonds is 1. The van der Waals surface area contributed by atoms with E-state index >= 15 is 0 Å². The van der Waals surface area contributed by atoms with Crippen molar-refractivity contribution in [2.24, 2.45) is 11.8 Å². The molecule has 2 aliphatic rings. The van der Waals surface area contributed by atoms with E-state index in [9.17, 15) is 5.26 Å². The highest BCUT2D eigenvalue weighted by Gasteiger charge is 2.34. The van der Waals surface area contributed by atoms with Crippen LogP contribution in [0, 0.1) is 23.2 Å². The van der Waals surface area contributed by atoms with Crippen molar-refractivity contribution in [3.63, 3.8) is 0 Å². The molecular weight excluding hydrogens is 208 g/mol. The van der Waals surface area contributed by atoms with Crippen molar-refractivity contribution in [2.75, 3.05) is 6.54 Å². The predicted molar refractivity (Wildman–Crippen MR) is 70.5 cm³/mol. The van der Waals surface area contributed by atoms with E-state index in [1.807, 2.05) is 0 Å². The van der Waals surface area contributed by atoms with Crippen molar-refractivity contribution in [3.05, 3.63) is 0 Å². The Morgan fingerprint density at radius 2 is 1.82 bits per heavy atom. The van der Waals surface area contributed by atoms with Gasteiger partial charge in [0.15, 0.2) is 0 Å². The molecule has 0 spiro atoms. The van der Waals surface area contributed by atoms with Gasteiger partial charge in [0.05, 0.1) is 12.0 Å². The van der Waals surface area contributed by atoms with Crippen molar-refractivity contribution in [1.29, 1.82) is 5.26 Å². The van der Waals surface area contributed by atoms with Gasteiger partial charge in [-0.2, -0.15) is 5.26 Å². The first-order valence-corrected chi connectivity index (χ1v) is 7.37. The number of hydrogen-bond acceptors (Lipinski definition) is 2. The summed E-state index contributed by atoms with van der Waals surface area (Å²) in [4.78, 5) is 2.65. The minimum absolute atomic E-state index is 0.286. The molecule has 1 saturated carbocycles. The molecule has 17 heavy (non-hydrogen) atoms. The molecule has 1 aliphatic heterocycles. The van der Waals surface area contributed by atoms with Crippen molar-refractivity contribution in [1.82, 2.24) is 4.90 Å². The van der Waals surface area contributed by atoms with Gasteiger partial charge in [-0.25, -0.2) is 0 Å². The summed E-state index contributed by atoms with van der Waals surface area (Å²) >= 11 is 0. The van der Waals surface area contributed by atoms with E-state index in [2.05, 4.69) is 24.8 Å². The molecule has 2 heteroatoms. The first-order chi connectivity index (χ1) is 8.22. The third-order valence-electron chi connectivity index (χ3n) is 4.76. The Bertz CT molecular complexity index is 281. The number of nitrogens with zero attached hydrogens (tertiary/aromatic N) is 2. The van der Waals surface area contributed by atoms with E-state index in [0.717, 1.165) is 12.3 Å². The third kappa shape index (κ3) is 3.01. The Balaban J connectivity index is 2.05. The fourth-order valence-electron chi connectivity index (χ4n) is 3.75. The second kappa shape index (κ2) is 5.87. The van der Waals surface area contributed by atoms with E-state index in [4.69, 9.17) is 0 Å². The molecule has 96 valence electrons. The van der Waals surface area contributed by atoms with Gasteiger partial charge in [-0.1, -0.05) is 26.2 Å². The standard InChI is InChI=1S/C15H26N2/c1-12-8-9-17(13(2)10-12)15-7-5-3-4-6-14(15)11-16/h12-15H,3-10H2,1-2H3. The summed E-state index contributed by atoms with van der Waals surface area (Å²) in [6.45, 7) is 5.93. The first kappa shape index (κ1) is 12.9. The van der Waals surface area contributed by atoms with Crippen LogP contribution in [0.4, 0.5) is 0 Å². The average Bonchev–Trinajstić information content (AvgIpc) is 2.54. The zero-order chi connectivity index (χ0) is 12.3. The quantitative estimate of drug-likeness (QED) is 0.648. The molecule has 1 aliphatic carbocycles. The van der Waals surface area contributed by atoms with Crippen molar-refractivity contribution >= 4 is 0 Å². The Hall–Kier alpha value is -0.550. The van der Waals surface area contributed by atoms with E-state index in [1.54, 1.807) is 0 Å². The molecule has 4 unspecified atom stereocenters. The summed E-state index contributed by atoms with van der Waals surface area (Å²) in [5.74, 6) is 1.15. The molecule has 2 nitrogen and oxygen atoms in total. The highest BCUT2D eigenvalue weighted by Crippen LogP contribution is 2.32. The molecule has 1 saturated heterocycles. The number of hydrogen-bond donors (Lipinski definition) is 0. The molecule has 4 atom stereocenters. The summed E-state index contributed by atoms with van der Waals surface area (Å²) in [5, 5.41) is 9.38. The van der Waals surface area contributed by atoms with Crippen LogP contribution < -0.4 is 0 Å². The fourth-order valence-corrected chi connectivity index (χ4v) is 3.75. The SMILES string of the molecule is CC1CCN(C2CCCCCC2C#N)C(C)C1. The van der Waals surface area contributed by atoms with E-state index in [1.165, 1.54) is 45.1 Å². The lowest BCUT2D eigenvalue weighted by Crippen LogP contribution is -2.49. The van der Waals surface area contributed by atoms with Crippen LogP contribution in [0.2, 0.25) is 0 Å². The molecule has 2 rings (SSSR count). The number of likely N-dealkylation sites (tertiary alicyclic amines) is 1. The van der Waals surface area contributed by atoms with Gasteiger partial charge >= 0.3 is 0 Å². The second-order valence-corrected chi connectivity index (χ2v) is 6.16. The minimum atomic E-state index is 0.286. The smallest absolute Gasteiger partial charge is 0.0672 e. The molecule has 0 N–H and O–H groups in total. The monoisotopic (exact) mass is 234 g/mol. The first-order valence-electron chi connectivity index (χ1n) is 7.37. The molecule has 0 aromatic rings. The van der Waals surface area contributed by atoms with Crippen LogP contribution in [-0.4, -0.2) is 23.5 Å². The van der Waals surface area contributed by atoms with Gasteiger partial charge in [0.25, 0.3) is 0 Å². The van der Waals surface area contributed by atoms with Gasteiger partial charge in [0.2, 0.25) is 0 Å². The molecule has 1 heterocycles. The molecule has 0 amide bonds. The van der Waals surface area contributed by atoms with Gasteiger partial charge in [-0.3, -0.25) is 4.90 Å². The highest BCUT2D eigenvalue weighted by molar-refractivity contribution is 4.97. The van der Waals surface area contributed by atoms with Crippen molar-refractivity contribution < 1.29 is 0 Å².